The molecule has 0 aliphatic rings. The van der Waals surface area contributed by atoms with Crippen molar-refractivity contribution < 1.29 is 17.6 Å². The van der Waals surface area contributed by atoms with E-state index in [0.29, 0.717) is 18.8 Å². The molecule has 1 N–H and O–H groups in total. The minimum Gasteiger partial charge on any atom is -0.346 e. The van der Waals surface area contributed by atoms with Crippen molar-refractivity contribution in [1.29, 1.82) is 0 Å². The predicted octanol–water partition coefficient (Wildman–Crippen LogP) is 4.48. The summed E-state index contributed by atoms with van der Waals surface area (Å²) in [4.78, 5) is 11.4. The van der Waals surface area contributed by atoms with E-state index in [1.165, 1.54) is 35.5 Å². The molecular formula is C24H28FN3O3S. The standard InChI is InChI=1S/C24H28FN3O3S/c1-18(2)15-28(32(30,31)24-11-9-22(10-12-24)26-19(3)29)17-23-8-5-13-27(23)16-20-6-4-7-21(25)14-20/h4-14,18H,15-17H2,1-3H3,(H,26,29). The second-order valence-corrected chi connectivity index (χ2v) is 10.1. The molecule has 170 valence electrons. The van der Waals surface area contributed by atoms with Gasteiger partial charge in [-0.3, -0.25) is 4.79 Å². The number of nitrogens with one attached hydrogen (secondary N) is 1. The second kappa shape index (κ2) is 10.1. The lowest BCUT2D eigenvalue weighted by molar-refractivity contribution is -0.114. The van der Waals surface area contributed by atoms with Crippen LogP contribution in [0.5, 0.6) is 0 Å². The number of anilines is 1. The van der Waals surface area contributed by atoms with Crippen LogP contribution < -0.4 is 5.32 Å². The molecule has 3 aromatic rings. The van der Waals surface area contributed by atoms with E-state index in [9.17, 15) is 17.6 Å². The van der Waals surface area contributed by atoms with E-state index >= 15 is 0 Å². The summed E-state index contributed by atoms with van der Waals surface area (Å²) >= 11 is 0. The second-order valence-electron chi connectivity index (χ2n) is 8.15. The summed E-state index contributed by atoms with van der Waals surface area (Å²) in [5.74, 6) is -0.404. The first-order valence-corrected chi connectivity index (χ1v) is 11.9. The van der Waals surface area contributed by atoms with Gasteiger partial charge in [0.15, 0.2) is 0 Å². The third-order valence-corrected chi connectivity index (χ3v) is 6.71. The summed E-state index contributed by atoms with van der Waals surface area (Å²) in [5, 5.41) is 2.64. The average molecular weight is 458 g/mol. The average Bonchev–Trinajstić information content (AvgIpc) is 3.14. The highest BCUT2D eigenvalue weighted by Gasteiger charge is 2.26. The molecule has 0 saturated carbocycles. The van der Waals surface area contributed by atoms with Crippen molar-refractivity contribution >= 4 is 21.6 Å². The van der Waals surface area contributed by atoms with Crippen LogP contribution in [0.1, 0.15) is 32.0 Å². The van der Waals surface area contributed by atoms with Crippen LogP contribution in [0.3, 0.4) is 0 Å². The fourth-order valence-electron chi connectivity index (χ4n) is 3.48. The predicted molar refractivity (Wildman–Crippen MR) is 123 cm³/mol. The Morgan fingerprint density at radius 1 is 1.09 bits per heavy atom. The molecule has 8 heteroatoms. The molecule has 1 amide bonds. The molecule has 0 spiro atoms. The fourth-order valence-corrected chi connectivity index (χ4v) is 5.05. The third kappa shape index (κ3) is 6.05. The van der Waals surface area contributed by atoms with Crippen LogP contribution in [-0.2, 0) is 27.9 Å². The zero-order valence-electron chi connectivity index (χ0n) is 18.5. The number of carbonyl (C=O) groups excluding carboxylic acids is 1. The Morgan fingerprint density at radius 3 is 2.44 bits per heavy atom. The molecule has 0 radical (unpaired) electrons. The van der Waals surface area contributed by atoms with Gasteiger partial charge in [0.05, 0.1) is 11.4 Å². The van der Waals surface area contributed by atoms with Crippen molar-refractivity contribution in [3.8, 4) is 0 Å². The van der Waals surface area contributed by atoms with E-state index < -0.39 is 10.0 Å². The number of benzene rings is 2. The van der Waals surface area contributed by atoms with Gasteiger partial charge in [0.25, 0.3) is 0 Å². The van der Waals surface area contributed by atoms with E-state index in [1.807, 2.05) is 42.8 Å². The van der Waals surface area contributed by atoms with Crippen LogP contribution in [0.15, 0.2) is 71.8 Å². The zero-order valence-corrected chi connectivity index (χ0v) is 19.3. The monoisotopic (exact) mass is 457 g/mol. The molecule has 6 nitrogen and oxygen atoms in total. The van der Waals surface area contributed by atoms with Gasteiger partial charge in [-0.15, -0.1) is 0 Å². The van der Waals surface area contributed by atoms with Crippen molar-refractivity contribution in [1.82, 2.24) is 8.87 Å². The van der Waals surface area contributed by atoms with Gasteiger partial charge in [0, 0.05) is 37.6 Å². The van der Waals surface area contributed by atoms with Gasteiger partial charge in [-0.2, -0.15) is 4.31 Å². The van der Waals surface area contributed by atoms with Crippen molar-refractivity contribution in [3.05, 3.63) is 83.9 Å². The van der Waals surface area contributed by atoms with Gasteiger partial charge in [0.2, 0.25) is 15.9 Å². The van der Waals surface area contributed by atoms with Gasteiger partial charge in [-0.1, -0.05) is 26.0 Å². The lowest BCUT2D eigenvalue weighted by atomic mass is 10.2. The quantitative estimate of drug-likeness (QED) is 0.515. The van der Waals surface area contributed by atoms with Gasteiger partial charge in [0.1, 0.15) is 5.82 Å². The van der Waals surface area contributed by atoms with Crippen LogP contribution >= 0.6 is 0 Å². The minimum absolute atomic E-state index is 0.120. The van der Waals surface area contributed by atoms with Gasteiger partial charge in [-0.05, 0) is 60.0 Å². The number of nitrogens with zero attached hydrogens (tertiary/aromatic N) is 2. The molecule has 3 rings (SSSR count). The lowest BCUT2D eigenvalue weighted by Crippen LogP contribution is -2.34. The maximum absolute atomic E-state index is 13.6. The highest BCUT2D eigenvalue weighted by molar-refractivity contribution is 7.89. The molecule has 0 fully saturated rings. The largest absolute Gasteiger partial charge is 0.346 e. The fraction of sp³-hybridized carbons (Fsp3) is 0.292. The molecule has 1 heterocycles. The number of hydrogen-bond acceptors (Lipinski definition) is 3. The van der Waals surface area contributed by atoms with Crippen LogP contribution in [-0.4, -0.2) is 29.7 Å². The number of hydrogen-bond donors (Lipinski definition) is 1. The van der Waals surface area contributed by atoms with E-state index in [2.05, 4.69) is 5.32 Å². The molecule has 0 bridgehead atoms. The molecule has 2 aromatic carbocycles. The van der Waals surface area contributed by atoms with Crippen LogP contribution in [0.25, 0.3) is 0 Å². The summed E-state index contributed by atoms with van der Waals surface area (Å²) < 4.78 is 43.8. The Bertz CT molecular complexity index is 1170. The summed E-state index contributed by atoms with van der Waals surface area (Å²) in [6, 6.07) is 16.3. The van der Waals surface area contributed by atoms with Crippen molar-refractivity contribution in [3.63, 3.8) is 0 Å². The molecule has 0 saturated heterocycles. The summed E-state index contributed by atoms with van der Waals surface area (Å²) in [5.41, 5.74) is 2.15. The van der Waals surface area contributed by atoms with E-state index in [4.69, 9.17) is 0 Å². The lowest BCUT2D eigenvalue weighted by Gasteiger charge is -2.25. The number of aromatic nitrogens is 1. The number of amides is 1. The normalized spacial score (nSPS) is 11.8. The van der Waals surface area contributed by atoms with Gasteiger partial charge >= 0.3 is 0 Å². The number of carbonyl (C=O) groups is 1. The third-order valence-electron chi connectivity index (χ3n) is 4.89. The summed E-state index contributed by atoms with van der Waals surface area (Å²) in [6.45, 7) is 6.31. The molecule has 0 aliphatic heterocycles. The number of halogens is 1. The first-order chi connectivity index (χ1) is 15.1. The smallest absolute Gasteiger partial charge is 0.243 e. The van der Waals surface area contributed by atoms with E-state index in [-0.39, 0.29) is 29.1 Å². The highest BCUT2D eigenvalue weighted by atomic mass is 32.2. The highest BCUT2D eigenvalue weighted by Crippen LogP contribution is 2.22. The topological polar surface area (TPSA) is 71.4 Å². The van der Waals surface area contributed by atoms with Crippen molar-refractivity contribution in [2.45, 2.75) is 38.8 Å². The maximum atomic E-state index is 13.6. The maximum Gasteiger partial charge on any atom is 0.243 e. The molecule has 0 atom stereocenters. The van der Waals surface area contributed by atoms with E-state index in [1.54, 1.807) is 18.2 Å². The first kappa shape index (κ1) is 23.7. The number of rotatable bonds is 9. The Kier molecular flexibility index (Phi) is 7.48. The van der Waals surface area contributed by atoms with Gasteiger partial charge in [-0.25, -0.2) is 12.8 Å². The zero-order chi connectivity index (χ0) is 23.3. The Hall–Kier alpha value is -2.97. The van der Waals surface area contributed by atoms with E-state index in [0.717, 1.165) is 11.3 Å². The molecular weight excluding hydrogens is 429 g/mol. The van der Waals surface area contributed by atoms with Crippen LogP contribution in [0, 0.1) is 11.7 Å². The molecule has 0 unspecified atom stereocenters. The summed E-state index contributed by atoms with van der Waals surface area (Å²) in [7, 11) is -3.77. The van der Waals surface area contributed by atoms with Crippen molar-refractivity contribution in [2.24, 2.45) is 5.92 Å². The molecule has 32 heavy (non-hydrogen) atoms. The Labute approximate surface area is 188 Å². The van der Waals surface area contributed by atoms with Crippen molar-refractivity contribution in [2.75, 3.05) is 11.9 Å². The SMILES string of the molecule is CC(=O)Nc1ccc(S(=O)(=O)N(Cc2cccn2Cc2cccc(F)c2)CC(C)C)cc1. The summed E-state index contributed by atoms with van der Waals surface area (Å²) in [6.07, 6.45) is 1.86. The first-order valence-electron chi connectivity index (χ1n) is 10.4. The molecule has 1 aromatic heterocycles. The van der Waals surface area contributed by atoms with Crippen LogP contribution in [0.4, 0.5) is 10.1 Å². The van der Waals surface area contributed by atoms with Crippen LogP contribution in [0.2, 0.25) is 0 Å². The van der Waals surface area contributed by atoms with Gasteiger partial charge < -0.3 is 9.88 Å². The minimum atomic E-state index is -3.77. The molecule has 0 aliphatic carbocycles. The number of sulfonamides is 1. The Morgan fingerprint density at radius 2 is 1.81 bits per heavy atom. The Balaban J connectivity index is 1.86.